The van der Waals surface area contributed by atoms with Gasteiger partial charge in [-0.15, -0.1) is 0 Å². The van der Waals surface area contributed by atoms with Crippen molar-refractivity contribution in [3.05, 3.63) is 23.9 Å². The highest BCUT2D eigenvalue weighted by atomic mass is 15.2. The van der Waals surface area contributed by atoms with Gasteiger partial charge >= 0.3 is 0 Å². The quantitative estimate of drug-likeness (QED) is 0.905. The maximum atomic E-state index is 5.86. The molecule has 0 spiro atoms. The van der Waals surface area contributed by atoms with Crippen LogP contribution in [-0.2, 0) is 0 Å². The predicted molar refractivity (Wildman–Crippen MR) is 81.3 cm³/mol. The molecule has 0 radical (unpaired) electrons. The molecule has 106 valence electrons. The van der Waals surface area contributed by atoms with Crippen LogP contribution < -0.4 is 10.6 Å². The third-order valence-electron chi connectivity index (χ3n) is 4.51. The largest absolute Gasteiger partial charge is 0.357 e. The number of rotatable bonds is 3. The van der Waals surface area contributed by atoms with Crippen LogP contribution in [0.25, 0.3) is 0 Å². The number of anilines is 1. The van der Waals surface area contributed by atoms with Gasteiger partial charge in [0.05, 0.1) is 0 Å². The summed E-state index contributed by atoms with van der Waals surface area (Å²) in [6, 6.07) is 4.87. The molecule has 1 heterocycles. The lowest BCUT2D eigenvalue weighted by Gasteiger charge is -2.39. The fourth-order valence-electron chi connectivity index (χ4n) is 2.83. The standard InChI is InChI=1S/C16H27N3/c1-12(17)13-5-6-15(18-11-13)19(4)14-7-9-16(2,3)10-8-14/h5-6,11-12,14H,7-10,17H2,1-4H3. The summed E-state index contributed by atoms with van der Waals surface area (Å²) >= 11 is 0. The van der Waals surface area contributed by atoms with Crippen LogP contribution >= 0.6 is 0 Å². The fraction of sp³-hybridized carbons (Fsp3) is 0.688. The maximum absolute atomic E-state index is 5.86. The summed E-state index contributed by atoms with van der Waals surface area (Å²) in [6.07, 6.45) is 7.05. The molecule has 0 aromatic carbocycles. The molecule has 1 fully saturated rings. The second-order valence-electron chi connectivity index (χ2n) is 6.74. The SMILES string of the molecule is CC(N)c1ccc(N(C)C2CCC(C)(C)CC2)nc1. The van der Waals surface area contributed by atoms with Crippen LogP contribution in [0.15, 0.2) is 18.3 Å². The molecule has 1 atom stereocenters. The van der Waals surface area contributed by atoms with Crippen LogP contribution in [0, 0.1) is 5.41 Å². The number of pyridine rings is 1. The summed E-state index contributed by atoms with van der Waals surface area (Å²) in [7, 11) is 2.16. The molecule has 1 unspecified atom stereocenters. The van der Waals surface area contributed by atoms with Crippen molar-refractivity contribution in [2.24, 2.45) is 11.1 Å². The number of hydrogen-bond donors (Lipinski definition) is 1. The van der Waals surface area contributed by atoms with E-state index in [2.05, 4.69) is 42.9 Å². The van der Waals surface area contributed by atoms with Gasteiger partial charge in [0.15, 0.2) is 0 Å². The Morgan fingerprint density at radius 2 is 1.95 bits per heavy atom. The smallest absolute Gasteiger partial charge is 0.128 e. The maximum Gasteiger partial charge on any atom is 0.128 e. The Morgan fingerprint density at radius 1 is 1.32 bits per heavy atom. The first-order chi connectivity index (χ1) is 8.89. The molecule has 0 saturated heterocycles. The highest BCUT2D eigenvalue weighted by molar-refractivity contribution is 5.40. The van der Waals surface area contributed by atoms with Crippen molar-refractivity contribution in [3.8, 4) is 0 Å². The summed E-state index contributed by atoms with van der Waals surface area (Å²) < 4.78 is 0. The van der Waals surface area contributed by atoms with Crippen LogP contribution in [0.1, 0.15) is 58.1 Å². The lowest BCUT2D eigenvalue weighted by Crippen LogP contribution is -2.37. The molecule has 0 bridgehead atoms. The minimum Gasteiger partial charge on any atom is -0.357 e. The Kier molecular flexibility index (Phi) is 4.14. The molecule has 0 amide bonds. The minimum atomic E-state index is 0.0577. The second-order valence-corrected chi connectivity index (χ2v) is 6.74. The van der Waals surface area contributed by atoms with E-state index >= 15 is 0 Å². The highest BCUT2D eigenvalue weighted by Gasteiger charge is 2.29. The van der Waals surface area contributed by atoms with Crippen molar-refractivity contribution < 1.29 is 0 Å². The molecule has 1 aromatic heterocycles. The number of hydrogen-bond acceptors (Lipinski definition) is 3. The topological polar surface area (TPSA) is 42.1 Å². The van der Waals surface area contributed by atoms with Crippen molar-refractivity contribution in [3.63, 3.8) is 0 Å². The van der Waals surface area contributed by atoms with Gasteiger partial charge in [-0.3, -0.25) is 0 Å². The summed E-state index contributed by atoms with van der Waals surface area (Å²) in [5, 5.41) is 0. The number of nitrogens with zero attached hydrogens (tertiary/aromatic N) is 2. The van der Waals surface area contributed by atoms with E-state index in [1.807, 2.05) is 13.1 Å². The zero-order valence-electron chi connectivity index (χ0n) is 12.7. The van der Waals surface area contributed by atoms with Gasteiger partial charge < -0.3 is 10.6 Å². The summed E-state index contributed by atoms with van der Waals surface area (Å²) in [5.74, 6) is 1.06. The van der Waals surface area contributed by atoms with E-state index in [9.17, 15) is 0 Å². The molecular weight excluding hydrogens is 234 g/mol. The van der Waals surface area contributed by atoms with Gasteiger partial charge in [-0.05, 0) is 49.7 Å². The Bertz CT molecular complexity index is 399. The monoisotopic (exact) mass is 261 g/mol. The highest BCUT2D eigenvalue weighted by Crippen LogP contribution is 2.37. The van der Waals surface area contributed by atoms with Crippen LogP contribution in [0.3, 0.4) is 0 Å². The molecule has 2 rings (SSSR count). The van der Waals surface area contributed by atoms with E-state index in [1.165, 1.54) is 25.7 Å². The van der Waals surface area contributed by atoms with Gasteiger partial charge in [0.2, 0.25) is 0 Å². The summed E-state index contributed by atoms with van der Waals surface area (Å²) in [5.41, 5.74) is 7.48. The zero-order valence-corrected chi connectivity index (χ0v) is 12.7. The third-order valence-corrected chi connectivity index (χ3v) is 4.51. The number of nitrogens with two attached hydrogens (primary N) is 1. The number of aromatic nitrogens is 1. The Morgan fingerprint density at radius 3 is 2.42 bits per heavy atom. The average Bonchev–Trinajstić information content (AvgIpc) is 2.38. The lowest BCUT2D eigenvalue weighted by molar-refractivity contribution is 0.222. The first-order valence-corrected chi connectivity index (χ1v) is 7.33. The lowest BCUT2D eigenvalue weighted by atomic mass is 9.75. The van der Waals surface area contributed by atoms with Crippen LogP contribution in [0.2, 0.25) is 0 Å². The molecule has 0 aliphatic heterocycles. The summed E-state index contributed by atoms with van der Waals surface area (Å²) in [6.45, 7) is 6.74. The van der Waals surface area contributed by atoms with Gasteiger partial charge in [-0.2, -0.15) is 0 Å². The predicted octanol–water partition coefficient (Wildman–Crippen LogP) is 3.51. The first kappa shape index (κ1) is 14.3. The zero-order chi connectivity index (χ0) is 14.0. The molecule has 1 aromatic rings. The van der Waals surface area contributed by atoms with Crippen molar-refractivity contribution in [1.82, 2.24) is 4.98 Å². The van der Waals surface area contributed by atoms with Crippen molar-refractivity contribution >= 4 is 5.82 Å². The molecule has 2 N–H and O–H groups in total. The van der Waals surface area contributed by atoms with Gasteiger partial charge in [0, 0.05) is 25.3 Å². The van der Waals surface area contributed by atoms with E-state index < -0.39 is 0 Å². The first-order valence-electron chi connectivity index (χ1n) is 7.33. The molecule has 3 nitrogen and oxygen atoms in total. The average molecular weight is 261 g/mol. The van der Waals surface area contributed by atoms with Gasteiger partial charge in [-0.1, -0.05) is 19.9 Å². The normalized spacial score (nSPS) is 21.1. The van der Waals surface area contributed by atoms with Gasteiger partial charge in [-0.25, -0.2) is 4.98 Å². The minimum absolute atomic E-state index is 0.0577. The second kappa shape index (κ2) is 5.49. The van der Waals surface area contributed by atoms with Crippen LogP contribution in [-0.4, -0.2) is 18.1 Å². The molecule has 1 saturated carbocycles. The van der Waals surface area contributed by atoms with Crippen molar-refractivity contribution in [1.29, 1.82) is 0 Å². The molecule has 19 heavy (non-hydrogen) atoms. The molecule has 1 aliphatic rings. The van der Waals surface area contributed by atoms with Crippen LogP contribution in [0.4, 0.5) is 5.82 Å². The van der Waals surface area contributed by atoms with Crippen LogP contribution in [0.5, 0.6) is 0 Å². The van der Waals surface area contributed by atoms with Gasteiger partial charge in [0.1, 0.15) is 5.82 Å². The van der Waals surface area contributed by atoms with E-state index in [1.54, 1.807) is 0 Å². The van der Waals surface area contributed by atoms with Crippen molar-refractivity contribution in [2.75, 3.05) is 11.9 Å². The Hall–Kier alpha value is -1.09. The third kappa shape index (κ3) is 3.47. The van der Waals surface area contributed by atoms with E-state index in [0.717, 1.165) is 11.4 Å². The van der Waals surface area contributed by atoms with Crippen molar-refractivity contribution in [2.45, 2.75) is 58.5 Å². The van der Waals surface area contributed by atoms with E-state index in [4.69, 9.17) is 5.73 Å². The molecule has 3 heteroatoms. The summed E-state index contributed by atoms with van der Waals surface area (Å²) in [4.78, 5) is 6.89. The fourth-order valence-corrected chi connectivity index (χ4v) is 2.83. The molecular formula is C16H27N3. The Balaban J connectivity index is 2.02. The van der Waals surface area contributed by atoms with Gasteiger partial charge in [0.25, 0.3) is 0 Å². The van der Waals surface area contributed by atoms with E-state index in [-0.39, 0.29) is 6.04 Å². The Labute approximate surface area is 117 Å². The van der Waals surface area contributed by atoms with E-state index in [0.29, 0.717) is 11.5 Å². The molecule has 1 aliphatic carbocycles.